The second-order valence-electron chi connectivity index (χ2n) is 4.33. The molecule has 0 radical (unpaired) electrons. The van der Waals surface area contributed by atoms with E-state index in [0.29, 0.717) is 18.1 Å². The third-order valence-electron chi connectivity index (χ3n) is 3.25. The van der Waals surface area contributed by atoms with Crippen molar-refractivity contribution in [3.8, 4) is 0 Å². The highest BCUT2D eigenvalue weighted by atomic mass is 16.1. The molecule has 1 aliphatic carbocycles. The minimum atomic E-state index is 0.337. The maximum absolute atomic E-state index is 11.9. The molecule has 0 aromatic heterocycles. The highest BCUT2D eigenvalue weighted by Gasteiger charge is 2.21. The highest BCUT2D eigenvalue weighted by molar-refractivity contribution is 5.95. The molecule has 0 heterocycles. The molecule has 0 atom stereocenters. The largest absolute Gasteiger partial charge is 0.295 e. The predicted molar refractivity (Wildman–Crippen MR) is 64.8 cm³/mol. The van der Waals surface area contributed by atoms with E-state index in [1.807, 2.05) is 19.1 Å². The van der Waals surface area contributed by atoms with Crippen LogP contribution in [0.2, 0.25) is 0 Å². The Bertz CT molecular complexity index is 244. The van der Waals surface area contributed by atoms with Crippen molar-refractivity contribution >= 4 is 5.78 Å². The number of ketones is 1. The fourth-order valence-corrected chi connectivity index (χ4v) is 2.42. The molecule has 1 fully saturated rings. The van der Waals surface area contributed by atoms with Crippen molar-refractivity contribution in [2.45, 2.75) is 51.9 Å². The zero-order valence-electron chi connectivity index (χ0n) is 9.80. The second kappa shape index (κ2) is 6.60. The van der Waals surface area contributed by atoms with Crippen LogP contribution >= 0.6 is 0 Å². The van der Waals surface area contributed by atoms with Gasteiger partial charge in [-0.25, -0.2) is 0 Å². The monoisotopic (exact) mass is 206 g/mol. The molecule has 1 rings (SSSR count). The maximum atomic E-state index is 11.9. The Morgan fingerprint density at radius 2 is 2.00 bits per heavy atom. The molecule has 15 heavy (non-hydrogen) atoms. The third kappa shape index (κ3) is 3.65. The zero-order valence-corrected chi connectivity index (χ0v) is 9.80. The summed E-state index contributed by atoms with van der Waals surface area (Å²) in [5.74, 6) is 0.880. The van der Waals surface area contributed by atoms with Crippen molar-refractivity contribution < 1.29 is 4.79 Å². The first-order valence-electron chi connectivity index (χ1n) is 6.10. The summed E-state index contributed by atoms with van der Waals surface area (Å²) in [6.07, 6.45) is 11.6. The Labute approximate surface area is 93.3 Å². The van der Waals surface area contributed by atoms with Gasteiger partial charge in [0.2, 0.25) is 0 Å². The van der Waals surface area contributed by atoms with Gasteiger partial charge in [-0.05, 0) is 37.7 Å². The Morgan fingerprint density at radius 1 is 1.33 bits per heavy atom. The normalized spacial score (nSPS) is 18.9. The van der Waals surface area contributed by atoms with Crippen LogP contribution < -0.4 is 0 Å². The molecule has 0 aromatic carbocycles. The molecule has 0 amide bonds. The van der Waals surface area contributed by atoms with Crippen LogP contribution in [-0.2, 0) is 4.79 Å². The van der Waals surface area contributed by atoms with Gasteiger partial charge in [-0.3, -0.25) is 4.79 Å². The molecule has 84 valence electrons. The van der Waals surface area contributed by atoms with E-state index in [-0.39, 0.29) is 0 Å². The predicted octanol–water partition coefficient (Wildman–Crippen LogP) is 4.05. The average molecular weight is 206 g/mol. The van der Waals surface area contributed by atoms with Gasteiger partial charge in [-0.15, -0.1) is 6.58 Å². The van der Waals surface area contributed by atoms with E-state index in [1.165, 1.54) is 32.1 Å². The van der Waals surface area contributed by atoms with Crippen molar-refractivity contribution in [3.05, 3.63) is 24.3 Å². The van der Waals surface area contributed by atoms with Gasteiger partial charge in [-0.2, -0.15) is 0 Å². The number of Topliss-reactive ketones (excluding diaryl/α,β-unsaturated/α-hetero) is 1. The van der Waals surface area contributed by atoms with Gasteiger partial charge in [-0.1, -0.05) is 31.4 Å². The Kier molecular flexibility index (Phi) is 5.38. The Morgan fingerprint density at radius 3 is 2.53 bits per heavy atom. The standard InChI is InChI=1S/C14H22O/c1-3-5-11-14(15)13(4-2)12-9-7-6-8-10-12/h3-4,12H,1,5-11H2,2H3. The number of hydrogen-bond acceptors (Lipinski definition) is 1. The van der Waals surface area contributed by atoms with Crippen LogP contribution in [0.3, 0.4) is 0 Å². The lowest BCUT2D eigenvalue weighted by Crippen LogP contribution is -2.16. The number of hydrogen-bond donors (Lipinski definition) is 0. The molecule has 0 bridgehead atoms. The summed E-state index contributed by atoms with van der Waals surface area (Å²) in [5.41, 5.74) is 1.08. The highest BCUT2D eigenvalue weighted by Crippen LogP contribution is 2.30. The molecular weight excluding hydrogens is 184 g/mol. The van der Waals surface area contributed by atoms with E-state index in [1.54, 1.807) is 0 Å². The van der Waals surface area contributed by atoms with E-state index in [0.717, 1.165) is 12.0 Å². The quantitative estimate of drug-likeness (QED) is 0.490. The fraction of sp³-hybridized carbons (Fsp3) is 0.643. The van der Waals surface area contributed by atoms with Crippen molar-refractivity contribution in [1.82, 2.24) is 0 Å². The average Bonchev–Trinajstić information content (AvgIpc) is 2.29. The summed E-state index contributed by atoms with van der Waals surface area (Å²) in [5, 5.41) is 0. The SMILES string of the molecule is C=CCCC(=O)C(=CC)C1CCCCC1. The second-order valence-corrected chi connectivity index (χ2v) is 4.33. The van der Waals surface area contributed by atoms with Crippen LogP contribution in [0.25, 0.3) is 0 Å². The minimum Gasteiger partial charge on any atom is -0.295 e. The number of allylic oxidation sites excluding steroid dienone is 3. The summed E-state index contributed by atoms with van der Waals surface area (Å²) in [6.45, 7) is 5.65. The van der Waals surface area contributed by atoms with Crippen LogP contribution in [-0.4, -0.2) is 5.78 Å². The smallest absolute Gasteiger partial charge is 0.159 e. The van der Waals surface area contributed by atoms with Gasteiger partial charge in [0.05, 0.1) is 0 Å². The molecule has 0 aliphatic heterocycles. The first kappa shape index (κ1) is 12.2. The van der Waals surface area contributed by atoms with E-state index in [2.05, 4.69) is 6.58 Å². The van der Waals surface area contributed by atoms with Crippen molar-refractivity contribution in [1.29, 1.82) is 0 Å². The molecule has 0 aromatic rings. The number of rotatable bonds is 5. The van der Waals surface area contributed by atoms with Crippen molar-refractivity contribution in [3.63, 3.8) is 0 Å². The molecular formula is C14H22O. The van der Waals surface area contributed by atoms with Gasteiger partial charge in [0.25, 0.3) is 0 Å². The lowest BCUT2D eigenvalue weighted by molar-refractivity contribution is -0.116. The lowest BCUT2D eigenvalue weighted by Gasteiger charge is -2.23. The molecule has 0 saturated heterocycles. The Hall–Kier alpha value is -0.850. The summed E-state index contributed by atoms with van der Waals surface area (Å²) < 4.78 is 0. The molecule has 1 aliphatic rings. The third-order valence-corrected chi connectivity index (χ3v) is 3.25. The van der Waals surface area contributed by atoms with Crippen LogP contribution in [0, 0.1) is 5.92 Å². The fourth-order valence-electron chi connectivity index (χ4n) is 2.42. The van der Waals surface area contributed by atoms with Crippen LogP contribution in [0.1, 0.15) is 51.9 Å². The molecule has 0 unspecified atom stereocenters. The molecule has 1 heteroatoms. The van der Waals surface area contributed by atoms with E-state index < -0.39 is 0 Å². The van der Waals surface area contributed by atoms with Crippen LogP contribution in [0.4, 0.5) is 0 Å². The number of carbonyl (C=O) groups is 1. The van der Waals surface area contributed by atoms with Gasteiger partial charge in [0, 0.05) is 6.42 Å². The zero-order chi connectivity index (χ0) is 11.1. The topological polar surface area (TPSA) is 17.1 Å². The number of carbonyl (C=O) groups excluding carboxylic acids is 1. The first-order valence-corrected chi connectivity index (χ1v) is 6.10. The summed E-state index contributed by atoms with van der Waals surface area (Å²) in [4.78, 5) is 11.9. The van der Waals surface area contributed by atoms with E-state index in [4.69, 9.17) is 0 Å². The van der Waals surface area contributed by atoms with Crippen molar-refractivity contribution in [2.75, 3.05) is 0 Å². The maximum Gasteiger partial charge on any atom is 0.159 e. The van der Waals surface area contributed by atoms with Gasteiger partial charge in [0.15, 0.2) is 5.78 Å². The molecule has 1 saturated carbocycles. The molecule has 0 N–H and O–H groups in total. The summed E-state index contributed by atoms with van der Waals surface area (Å²) in [7, 11) is 0. The van der Waals surface area contributed by atoms with Gasteiger partial charge in [0.1, 0.15) is 0 Å². The van der Waals surface area contributed by atoms with Crippen molar-refractivity contribution in [2.24, 2.45) is 5.92 Å². The van der Waals surface area contributed by atoms with Gasteiger partial charge < -0.3 is 0 Å². The van der Waals surface area contributed by atoms with E-state index in [9.17, 15) is 4.79 Å². The van der Waals surface area contributed by atoms with Crippen LogP contribution in [0.5, 0.6) is 0 Å². The Balaban J connectivity index is 2.53. The summed E-state index contributed by atoms with van der Waals surface area (Å²) in [6, 6.07) is 0. The van der Waals surface area contributed by atoms with Gasteiger partial charge >= 0.3 is 0 Å². The molecule has 0 spiro atoms. The first-order chi connectivity index (χ1) is 7.29. The lowest BCUT2D eigenvalue weighted by atomic mass is 9.81. The minimum absolute atomic E-state index is 0.337. The van der Waals surface area contributed by atoms with Crippen LogP contribution in [0.15, 0.2) is 24.3 Å². The van der Waals surface area contributed by atoms with E-state index >= 15 is 0 Å². The summed E-state index contributed by atoms with van der Waals surface area (Å²) >= 11 is 0. The molecule has 1 nitrogen and oxygen atoms in total.